The van der Waals surface area contributed by atoms with Crippen LogP contribution in [0.4, 0.5) is 23.2 Å². The number of aliphatic hydroxyl groups is 1. The lowest BCUT2D eigenvalue weighted by Gasteiger charge is -2.16. The summed E-state index contributed by atoms with van der Waals surface area (Å²) in [5.41, 5.74) is -0.864. The summed E-state index contributed by atoms with van der Waals surface area (Å²) in [5.74, 6) is -6.52. The number of hydrogen-bond acceptors (Lipinski definition) is 3. The van der Waals surface area contributed by atoms with Crippen LogP contribution < -0.4 is 5.32 Å². The van der Waals surface area contributed by atoms with Crippen molar-refractivity contribution < 1.29 is 22.7 Å². The van der Waals surface area contributed by atoms with E-state index in [1.807, 2.05) is 6.92 Å². The van der Waals surface area contributed by atoms with Crippen LogP contribution in [0.1, 0.15) is 19.8 Å². The molecule has 2 N–H and O–H groups in total. The maximum absolute atomic E-state index is 13.2. The number of aliphatic hydroxyl groups excluding tert-OH is 1. The molecule has 0 aliphatic heterocycles. The second-order valence-corrected chi connectivity index (χ2v) is 3.86. The van der Waals surface area contributed by atoms with Gasteiger partial charge in [-0.2, -0.15) is 22.5 Å². The second kappa shape index (κ2) is 6.53. The number of aromatic nitrogens is 1. The smallest absolute Gasteiger partial charge is 0.253 e. The zero-order valence-electron chi connectivity index (χ0n) is 9.81. The van der Waals surface area contributed by atoms with Crippen molar-refractivity contribution >= 4 is 5.69 Å². The molecule has 0 aliphatic carbocycles. The first kappa shape index (κ1) is 14.7. The lowest BCUT2D eigenvalue weighted by molar-refractivity contribution is 0.258. The Labute approximate surface area is 102 Å². The van der Waals surface area contributed by atoms with Gasteiger partial charge in [0.1, 0.15) is 5.69 Å². The molecule has 1 aromatic heterocycles. The van der Waals surface area contributed by atoms with Crippen LogP contribution in [0, 0.1) is 29.4 Å². The molecule has 0 radical (unpaired) electrons. The van der Waals surface area contributed by atoms with Gasteiger partial charge in [0.2, 0.25) is 11.6 Å². The quantitative estimate of drug-likeness (QED) is 0.614. The first-order valence-corrected chi connectivity index (χ1v) is 5.55. The summed E-state index contributed by atoms with van der Waals surface area (Å²) in [4.78, 5) is 2.45. The molecule has 102 valence electrons. The summed E-state index contributed by atoms with van der Waals surface area (Å²) in [6, 6.07) is 0. The molecule has 0 saturated carbocycles. The second-order valence-electron chi connectivity index (χ2n) is 3.86. The molecular weight excluding hydrogens is 252 g/mol. The van der Waals surface area contributed by atoms with Gasteiger partial charge in [-0.1, -0.05) is 13.3 Å². The van der Waals surface area contributed by atoms with Gasteiger partial charge in [-0.3, -0.25) is 0 Å². The molecule has 3 nitrogen and oxygen atoms in total. The topological polar surface area (TPSA) is 45.1 Å². The van der Waals surface area contributed by atoms with Gasteiger partial charge < -0.3 is 10.4 Å². The monoisotopic (exact) mass is 266 g/mol. The molecule has 18 heavy (non-hydrogen) atoms. The molecule has 1 atom stereocenters. The minimum absolute atomic E-state index is 0.0481. The van der Waals surface area contributed by atoms with Crippen LogP contribution in [0.5, 0.6) is 0 Å². The van der Waals surface area contributed by atoms with Crippen LogP contribution in [0.3, 0.4) is 0 Å². The molecule has 0 fully saturated rings. The highest BCUT2D eigenvalue weighted by Crippen LogP contribution is 2.22. The van der Waals surface area contributed by atoms with Gasteiger partial charge in [0.15, 0.2) is 0 Å². The van der Waals surface area contributed by atoms with Gasteiger partial charge >= 0.3 is 0 Å². The van der Waals surface area contributed by atoms with Crippen molar-refractivity contribution in [3.05, 3.63) is 23.5 Å². The minimum atomic E-state index is -1.69. The molecule has 1 rings (SSSR count). The molecule has 1 heterocycles. The number of nitrogens with zero attached hydrogens (tertiary/aromatic N) is 1. The van der Waals surface area contributed by atoms with E-state index in [0.29, 0.717) is 12.8 Å². The van der Waals surface area contributed by atoms with Crippen molar-refractivity contribution in [1.29, 1.82) is 0 Å². The molecule has 0 aromatic carbocycles. The van der Waals surface area contributed by atoms with Crippen molar-refractivity contribution in [2.45, 2.75) is 19.8 Å². The van der Waals surface area contributed by atoms with Gasteiger partial charge in [0, 0.05) is 13.2 Å². The van der Waals surface area contributed by atoms with Crippen LogP contribution in [-0.2, 0) is 0 Å². The molecule has 0 spiro atoms. The van der Waals surface area contributed by atoms with Gasteiger partial charge in [0.25, 0.3) is 11.9 Å². The highest BCUT2D eigenvalue weighted by Gasteiger charge is 2.21. The molecule has 1 unspecified atom stereocenters. The Hall–Kier alpha value is -1.37. The number of nitrogens with one attached hydrogen (secondary N) is 1. The van der Waals surface area contributed by atoms with E-state index in [1.54, 1.807) is 0 Å². The summed E-state index contributed by atoms with van der Waals surface area (Å²) >= 11 is 0. The predicted octanol–water partition coefficient (Wildman–Crippen LogP) is 2.46. The van der Waals surface area contributed by atoms with E-state index in [-0.39, 0.29) is 19.1 Å². The predicted molar refractivity (Wildman–Crippen MR) is 58.0 cm³/mol. The van der Waals surface area contributed by atoms with E-state index in [2.05, 4.69) is 10.3 Å². The highest BCUT2D eigenvalue weighted by atomic mass is 19.2. The fraction of sp³-hybridized carbons (Fsp3) is 0.545. The Morgan fingerprint density at radius 1 is 1.17 bits per heavy atom. The summed E-state index contributed by atoms with van der Waals surface area (Å²) in [7, 11) is 0. The number of halogens is 4. The maximum atomic E-state index is 13.2. The Morgan fingerprint density at radius 3 is 2.17 bits per heavy atom. The maximum Gasteiger partial charge on any atom is 0.253 e. The lowest BCUT2D eigenvalue weighted by atomic mass is 10.0. The van der Waals surface area contributed by atoms with Gasteiger partial charge in [-0.05, 0) is 12.3 Å². The van der Waals surface area contributed by atoms with Crippen LogP contribution in [0.15, 0.2) is 0 Å². The van der Waals surface area contributed by atoms with Crippen LogP contribution in [0.25, 0.3) is 0 Å². The Balaban J connectivity index is 2.84. The molecule has 7 heteroatoms. The molecule has 0 saturated heterocycles. The van der Waals surface area contributed by atoms with E-state index < -0.39 is 29.2 Å². The largest absolute Gasteiger partial charge is 0.396 e. The van der Waals surface area contributed by atoms with Crippen molar-refractivity contribution in [1.82, 2.24) is 4.98 Å². The number of anilines is 1. The normalized spacial score (nSPS) is 12.6. The Morgan fingerprint density at radius 2 is 1.72 bits per heavy atom. The van der Waals surface area contributed by atoms with Crippen LogP contribution >= 0.6 is 0 Å². The summed E-state index contributed by atoms with van der Waals surface area (Å²) < 4.78 is 52.1. The first-order valence-electron chi connectivity index (χ1n) is 5.55. The van der Waals surface area contributed by atoms with Gasteiger partial charge in [-0.15, -0.1) is 0 Å². The number of hydrogen-bond donors (Lipinski definition) is 2. The van der Waals surface area contributed by atoms with Crippen molar-refractivity contribution in [3.8, 4) is 0 Å². The average Bonchev–Trinajstić information content (AvgIpc) is 2.35. The number of pyridine rings is 1. The first-order chi connectivity index (χ1) is 8.51. The molecule has 1 aromatic rings. The zero-order chi connectivity index (χ0) is 13.7. The van der Waals surface area contributed by atoms with E-state index in [9.17, 15) is 17.6 Å². The standard InChI is InChI=1S/C11H14F4N2O/c1-2-6(3-4-18)5-16-9-7(12)10(14)17-11(15)8(9)13/h6,18H,2-5H2,1H3,(H,16,17). The summed E-state index contributed by atoms with van der Waals surface area (Å²) in [6.45, 7) is 1.88. The third-order valence-corrected chi connectivity index (χ3v) is 2.68. The SMILES string of the molecule is CCC(CCO)CNc1c(F)c(F)nc(F)c1F. The zero-order valence-corrected chi connectivity index (χ0v) is 9.81. The third kappa shape index (κ3) is 3.32. The van der Waals surface area contributed by atoms with Gasteiger partial charge in [-0.25, -0.2) is 0 Å². The van der Waals surface area contributed by atoms with Crippen molar-refractivity contribution in [3.63, 3.8) is 0 Å². The number of rotatable bonds is 6. The Bertz CT molecular complexity index is 388. The summed E-state index contributed by atoms with van der Waals surface area (Å²) in [6.07, 6.45) is 1.09. The van der Waals surface area contributed by atoms with Crippen molar-refractivity contribution in [2.75, 3.05) is 18.5 Å². The van der Waals surface area contributed by atoms with E-state index >= 15 is 0 Å². The fourth-order valence-corrected chi connectivity index (χ4v) is 1.52. The minimum Gasteiger partial charge on any atom is -0.396 e. The van der Waals surface area contributed by atoms with Crippen LogP contribution in [0.2, 0.25) is 0 Å². The average molecular weight is 266 g/mol. The molecular formula is C11H14F4N2O. The van der Waals surface area contributed by atoms with Gasteiger partial charge in [0.05, 0.1) is 0 Å². The highest BCUT2D eigenvalue weighted by molar-refractivity contribution is 5.45. The molecule has 0 amide bonds. The molecule has 0 aliphatic rings. The lowest BCUT2D eigenvalue weighted by Crippen LogP contribution is -2.18. The fourth-order valence-electron chi connectivity index (χ4n) is 1.52. The van der Waals surface area contributed by atoms with E-state index in [1.165, 1.54) is 0 Å². The molecule has 0 bridgehead atoms. The Kier molecular flexibility index (Phi) is 5.33. The van der Waals surface area contributed by atoms with E-state index in [4.69, 9.17) is 5.11 Å². The van der Waals surface area contributed by atoms with Crippen molar-refractivity contribution in [2.24, 2.45) is 5.92 Å². The summed E-state index contributed by atoms with van der Waals surface area (Å²) in [5, 5.41) is 11.1. The third-order valence-electron chi connectivity index (χ3n) is 2.68. The van der Waals surface area contributed by atoms with Crippen LogP contribution in [-0.4, -0.2) is 23.2 Å². The van der Waals surface area contributed by atoms with E-state index in [0.717, 1.165) is 0 Å².